The van der Waals surface area contributed by atoms with Crippen molar-refractivity contribution in [1.29, 1.82) is 0 Å². The molecule has 0 aromatic carbocycles. The van der Waals surface area contributed by atoms with Crippen molar-refractivity contribution in [3.8, 4) is 0 Å². The fraction of sp³-hybridized carbons (Fsp3) is 0.375. The maximum Gasteiger partial charge on any atom is 0.328 e. The summed E-state index contributed by atoms with van der Waals surface area (Å²) in [6.45, 7) is 9.84. The lowest BCUT2D eigenvalue weighted by Gasteiger charge is -2.16. The highest BCUT2D eigenvalue weighted by Gasteiger charge is 2.17. The van der Waals surface area contributed by atoms with Crippen LogP contribution in [0.5, 0.6) is 0 Å². The van der Waals surface area contributed by atoms with Crippen molar-refractivity contribution < 1.29 is 9.90 Å². The number of carboxylic acids is 1. The summed E-state index contributed by atoms with van der Waals surface area (Å²) in [5.41, 5.74) is 0. The van der Waals surface area contributed by atoms with E-state index in [0.29, 0.717) is 0 Å². The number of aliphatic carboxylic acids is 1. The molecule has 0 aliphatic carbocycles. The minimum atomic E-state index is -1.49. The predicted molar refractivity (Wildman–Crippen MR) is 49.3 cm³/mol. The average Bonchev–Trinajstić information content (AvgIpc) is 1.79. The molecule has 0 amide bonds. The largest absolute Gasteiger partial charge is 0.478 e. The van der Waals surface area contributed by atoms with Crippen LogP contribution < -0.4 is 0 Å². The lowest BCUT2D eigenvalue weighted by molar-refractivity contribution is -0.131. The van der Waals surface area contributed by atoms with E-state index < -0.39 is 14.0 Å². The van der Waals surface area contributed by atoms with Gasteiger partial charge in [-0.3, -0.25) is 0 Å². The Bertz CT molecular complexity index is 199. The lowest BCUT2D eigenvalue weighted by Crippen LogP contribution is -2.23. The molecule has 0 saturated heterocycles. The summed E-state index contributed by atoms with van der Waals surface area (Å²) < 4.78 is 0. The van der Waals surface area contributed by atoms with Gasteiger partial charge in [0.15, 0.2) is 0 Å². The van der Waals surface area contributed by atoms with Gasteiger partial charge in [-0.25, -0.2) is 4.79 Å². The maximum atomic E-state index is 10.3. The maximum absolute atomic E-state index is 10.3. The van der Waals surface area contributed by atoms with Crippen molar-refractivity contribution in [1.82, 2.24) is 0 Å². The summed E-state index contributed by atoms with van der Waals surface area (Å²) in [5.74, 6) is -0.887. The molecular formula is C8H14O2Si. The van der Waals surface area contributed by atoms with Gasteiger partial charge >= 0.3 is 5.97 Å². The van der Waals surface area contributed by atoms with Gasteiger partial charge in [0.1, 0.15) is 0 Å². The molecule has 62 valence electrons. The molecule has 0 rings (SSSR count). The monoisotopic (exact) mass is 170 g/mol. The Morgan fingerprint density at radius 2 is 1.91 bits per heavy atom. The van der Waals surface area contributed by atoms with Gasteiger partial charge in [-0.15, -0.1) is 0 Å². The van der Waals surface area contributed by atoms with Crippen LogP contribution in [-0.4, -0.2) is 19.1 Å². The van der Waals surface area contributed by atoms with Gasteiger partial charge in [0.25, 0.3) is 0 Å². The van der Waals surface area contributed by atoms with E-state index in [9.17, 15) is 4.79 Å². The molecule has 0 radical (unpaired) electrons. The molecule has 0 spiro atoms. The van der Waals surface area contributed by atoms with Crippen LogP contribution in [0.4, 0.5) is 0 Å². The van der Waals surface area contributed by atoms with E-state index in [1.165, 1.54) is 6.08 Å². The van der Waals surface area contributed by atoms with E-state index in [1.54, 1.807) is 6.08 Å². The average molecular weight is 170 g/mol. The smallest absolute Gasteiger partial charge is 0.328 e. The molecule has 0 aromatic rings. The van der Waals surface area contributed by atoms with Crippen molar-refractivity contribution in [2.75, 3.05) is 0 Å². The zero-order valence-corrected chi connectivity index (χ0v) is 8.22. The van der Waals surface area contributed by atoms with Crippen molar-refractivity contribution in [2.45, 2.75) is 19.6 Å². The Morgan fingerprint density at radius 3 is 2.00 bits per heavy atom. The SMILES string of the molecule is C=C/C(=C\C(=O)O)[Si](C)(C)C. The van der Waals surface area contributed by atoms with Crippen LogP contribution in [0.3, 0.4) is 0 Å². The molecule has 0 bridgehead atoms. The van der Waals surface area contributed by atoms with Gasteiger partial charge in [0.05, 0.1) is 8.07 Å². The van der Waals surface area contributed by atoms with E-state index in [2.05, 4.69) is 26.2 Å². The Labute approximate surface area is 68.3 Å². The van der Waals surface area contributed by atoms with Crippen LogP contribution in [0, 0.1) is 0 Å². The summed E-state index contributed by atoms with van der Waals surface area (Å²) in [6.07, 6.45) is 2.89. The van der Waals surface area contributed by atoms with Gasteiger partial charge in [0.2, 0.25) is 0 Å². The Hall–Kier alpha value is -0.833. The summed E-state index contributed by atoms with van der Waals surface area (Å²) in [6, 6.07) is 0. The van der Waals surface area contributed by atoms with E-state index in [1.807, 2.05) is 0 Å². The van der Waals surface area contributed by atoms with E-state index in [-0.39, 0.29) is 0 Å². The minimum absolute atomic E-state index is 0.880. The Balaban J connectivity index is 4.68. The van der Waals surface area contributed by atoms with Gasteiger partial charge < -0.3 is 5.11 Å². The van der Waals surface area contributed by atoms with Crippen LogP contribution in [0.15, 0.2) is 23.9 Å². The van der Waals surface area contributed by atoms with E-state index in [4.69, 9.17) is 5.11 Å². The first-order valence-corrected chi connectivity index (χ1v) is 6.95. The van der Waals surface area contributed by atoms with Crippen LogP contribution >= 0.6 is 0 Å². The third-order valence-electron chi connectivity index (χ3n) is 1.36. The molecular weight excluding hydrogens is 156 g/mol. The Kier molecular flexibility index (Phi) is 3.26. The Morgan fingerprint density at radius 1 is 1.45 bits per heavy atom. The standard InChI is InChI=1S/C8H14O2Si/c1-5-7(6-8(9)10)11(2,3)4/h5-6H,1H2,2-4H3,(H,9,10)/b7-6+. The number of hydrogen-bond donors (Lipinski definition) is 1. The predicted octanol–water partition coefficient (Wildman–Crippen LogP) is 2.06. The zero-order valence-electron chi connectivity index (χ0n) is 7.22. The lowest BCUT2D eigenvalue weighted by atomic mass is 10.5. The number of hydrogen-bond acceptors (Lipinski definition) is 1. The third-order valence-corrected chi connectivity index (χ3v) is 3.45. The third kappa shape index (κ3) is 3.78. The first-order valence-electron chi connectivity index (χ1n) is 3.45. The number of rotatable bonds is 3. The second kappa shape index (κ2) is 3.53. The van der Waals surface area contributed by atoms with Crippen LogP contribution in [0.25, 0.3) is 0 Å². The molecule has 0 unspecified atom stereocenters. The van der Waals surface area contributed by atoms with Crippen molar-refractivity contribution in [3.05, 3.63) is 23.9 Å². The fourth-order valence-electron chi connectivity index (χ4n) is 0.715. The number of carbonyl (C=O) groups is 1. The van der Waals surface area contributed by atoms with Gasteiger partial charge in [-0.1, -0.05) is 37.5 Å². The topological polar surface area (TPSA) is 37.3 Å². The highest BCUT2D eigenvalue weighted by Crippen LogP contribution is 2.14. The minimum Gasteiger partial charge on any atom is -0.478 e. The van der Waals surface area contributed by atoms with Gasteiger partial charge in [0, 0.05) is 6.08 Å². The first-order chi connectivity index (χ1) is 4.88. The zero-order chi connectivity index (χ0) is 9.07. The molecule has 0 aromatic heterocycles. The summed E-state index contributed by atoms with van der Waals surface area (Å²) in [7, 11) is -1.49. The summed E-state index contributed by atoms with van der Waals surface area (Å²) in [4.78, 5) is 10.3. The molecule has 11 heavy (non-hydrogen) atoms. The van der Waals surface area contributed by atoms with Crippen molar-refractivity contribution in [3.63, 3.8) is 0 Å². The van der Waals surface area contributed by atoms with Crippen molar-refractivity contribution >= 4 is 14.0 Å². The molecule has 0 atom stereocenters. The second-order valence-corrected chi connectivity index (χ2v) is 8.47. The molecule has 0 saturated carbocycles. The van der Waals surface area contributed by atoms with E-state index >= 15 is 0 Å². The van der Waals surface area contributed by atoms with Gasteiger partial charge in [-0.2, -0.15) is 0 Å². The normalized spacial score (nSPS) is 12.8. The van der Waals surface area contributed by atoms with Crippen LogP contribution in [0.2, 0.25) is 19.6 Å². The van der Waals surface area contributed by atoms with Gasteiger partial charge in [-0.05, 0) is 0 Å². The quantitative estimate of drug-likeness (QED) is 0.400. The highest BCUT2D eigenvalue weighted by molar-refractivity contribution is 6.83. The fourth-order valence-corrected chi connectivity index (χ4v) is 1.88. The number of allylic oxidation sites excluding steroid dienone is 2. The first kappa shape index (κ1) is 10.2. The van der Waals surface area contributed by atoms with Crippen LogP contribution in [0.1, 0.15) is 0 Å². The molecule has 1 N–H and O–H groups in total. The molecule has 0 aliphatic rings. The van der Waals surface area contributed by atoms with Crippen LogP contribution in [-0.2, 0) is 4.79 Å². The number of carboxylic acid groups (broad SMARTS) is 1. The molecule has 0 aliphatic heterocycles. The molecule has 3 heteroatoms. The highest BCUT2D eigenvalue weighted by atomic mass is 28.3. The summed E-state index contributed by atoms with van der Waals surface area (Å²) in [5, 5.41) is 9.36. The second-order valence-electron chi connectivity index (χ2n) is 3.39. The molecule has 0 heterocycles. The van der Waals surface area contributed by atoms with E-state index in [0.717, 1.165) is 5.20 Å². The van der Waals surface area contributed by atoms with Crippen molar-refractivity contribution in [2.24, 2.45) is 0 Å². The summed E-state index contributed by atoms with van der Waals surface area (Å²) >= 11 is 0. The molecule has 0 fully saturated rings. The molecule has 2 nitrogen and oxygen atoms in total.